The molecule has 118 valence electrons. The molecule has 0 saturated carbocycles. The standard InChI is InChI=1S/C15H23NO4S/c1-13-4-6-14(7-5-13)12-21(17,18)16-9-8-15(2)19-10-3-11-20-15/h4-7,16H,3,8-12H2,1-2H3. The smallest absolute Gasteiger partial charge is 0.215 e. The van der Waals surface area contributed by atoms with Crippen LogP contribution >= 0.6 is 0 Å². The molecule has 1 aliphatic heterocycles. The van der Waals surface area contributed by atoms with Crippen molar-refractivity contribution in [2.75, 3.05) is 19.8 Å². The molecule has 0 aliphatic carbocycles. The zero-order valence-electron chi connectivity index (χ0n) is 12.6. The molecular formula is C15H23NO4S. The van der Waals surface area contributed by atoms with Crippen LogP contribution in [0.4, 0.5) is 0 Å². The predicted molar refractivity (Wildman–Crippen MR) is 81.3 cm³/mol. The number of rotatable bonds is 6. The summed E-state index contributed by atoms with van der Waals surface area (Å²) >= 11 is 0. The van der Waals surface area contributed by atoms with Crippen molar-refractivity contribution in [2.45, 2.75) is 38.2 Å². The first-order chi connectivity index (χ1) is 9.89. The zero-order valence-corrected chi connectivity index (χ0v) is 13.4. The molecule has 0 amide bonds. The highest BCUT2D eigenvalue weighted by molar-refractivity contribution is 7.88. The quantitative estimate of drug-likeness (QED) is 0.872. The highest BCUT2D eigenvalue weighted by Crippen LogP contribution is 2.21. The van der Waals surface area contributed by atoms with E-state index < -0.39 is 15.8 Å². The van der Waals surface area contributed by atoms with Gasteiger partial charge in [0, 0.05) is 13.0 Å². The molecule has 2 rings (SSSR count). The first kappa shape index (κ1) is 16.4. The number of aryl methyl sites for hydroxylation is 1. The molecule has 5 nitrogen and oxygen atoms in total. The fraction of sp³-hybridized carbons (Fsp3) is 0.600. The van der Waals surface area contributed by atoms with E-state index in [1.165, 1.54) is 0 Å². The summed E-state index contributed by atoms with van der Waals surface area (Å²) in [4.78, 5) is 0. The lowest BCUT2D eigenvalue weighted by atomic mass is 10.2. The molecule has 1 fully saturated rings. The fourth-order valence-electron chi connectivity index (χ4n) is 2.21. The maximum Gasteiger partial charge on any atom is 0.215 e. The lowest BCUT2D eigenvalue weighted by Gasteiger charge is -2.33. The summed E-state index contributed by atoms with van der Waals surface area (Å²) in [5, 5.41) is 0. The Morgan fingerprint density at radius 1 is 1.19 bits per heavy atom. The predicted octanol–water partition coefficient (Wildman–Crippen LogP) is 1.96. The maximum atomic E-state index is 12.0. The van der Waals surface area contributed by atoms with Crippen LogP contribution in [0, 0.1) is 6.92 Å². The average Bonchev–Trinajstić information content (AvgIpc) is 2.41. The third kappa shape index (κ3) is 5.39. The Labute approximate surface area is 126 Å². The molecule has 0 aromatic heterocycles. The molecule has 0 radical (unpaired) electrons. The van der Waals surface area contributed by atoms with Crippen molar-refractivity contribution in [1.82, 2.24) is 4.72 Å². The molecule has 0 bridgehead atoms. The Balaban J connectivity index is 1.82. The summed E-state index contributed by atoms with van der Waals surface area (Å²) in [5.41, 5.74) is 1.90. The van der Waals surface area contributed by atoms with Gasteiger partial charge in [0.15, 0.2) is 5.79 Å². The summed E-state index contributed by atoms with van der Waals surface area (Å²) in [7, 11) is -3.34. The third-order valence-electron chi connectivity index (χ3n) is 3.48. The normalized spacial score (nSPS) is 18.6. The van der Waals surface area contributed by atoms with Crippen molar-refractivity contribution >= 4 is 10.0 Å². The average molecular weight is 313 g/mol. The van der Waals surface area contributed by atoms with Crippen LogP contribution in [0.15, 0.2) is 24.3 Å². The minimum atomic E-state index is -3.34. The summed E-state index contributed by atoms with van der Waals surface area (Å²) in [5.74, 6) is -0.684. The van der Waals surface area contributed by atoms with Crippen molar-refractivity contribution < 1.29 is 17.9 Å². The van der Waals surface area contributed by atoms with Gasteiger partial charge in [0.2, 0.25) is 10.0 Å². The van der Waals surface area contributed by atoms with Crippen LogP contribution in [0.25, 0.3) is 0 Å². The minimum Gasteiger partial charge on any atom is -0.350 e. The first-order valence-corrected chi connectivity index (χ1v) is 8.85. The van der Waals surface area contributed by atoms with Gasteiger partial charge in [-0.15, -0.1) is 0 Å². The van der Waals surface area contributed by atoms with Crippen LogP contribution in [-0.4, -0.2) is 34.0 Å². The first-order valence-electron chi connectivity index (χ1n) is 7.19. The van der Waals surface area contributed by atoms with Crippen LogP contribution < -0.4 is 4.72 Å². The molecule has 0 spiro atoms. The van der Waals surface area contributed by atoms with Crippen LogP contribution in [0.2, 0.25) is 0 Å². The highest BCUT2D eigenvalue weighted by Gasteiger charge is 2.28. The molecule has 0 unspecified atom stereocenters. The largest absolute Gasteiger partial charge is 0.350 e. The van der Waals surface area contributed by atoms with E-state index in [1.807, 2.05) is 38.1 Å². The molecule has 1 saturated heterocycles. The number of ether oxygens (including phenoxy) is 2. The number of hydrogen-bond donors (Lipinski definition) is 1. The molecule has 1 heterocycles. The number of nitrogens with one attached hydrogen (secondary N) is 1. The summed E-state index contributed by atoms with van der Waals surface area (Å²) < 4.78 is 37.8. The van der Waals surface area contributed by atoms with Crippen molar-refractivity contribution in [3.8, 4) is 0 Å². The van der Waals surface area contributed by atoms with E-state index >= 15 is 0 Å². The molecule has 1 N–H and O–H groups in total. The van der Waals surface area contributed by atoms with Crippen molar-refractivity contribution in [3.05, 3.63) is 35.4 Å². The van der Waals surface area contributed by atoms with Gasteiger partial charge in [-0.1, -0.05) is 29.8 Å². The van der Waals surface area contributed by atoms with Crippen LogP contribution in [0.1, 0.15) is 30.9 Å². The van der Waals surface area contributed by atoms with Gasteiger partial charge < -0.3 is 9.47 Å². The zero-order chi connectivity index (χ0) is 15.3. The topological polar surface area (TPSA) is 64.6 Å². The molecule has 1 aromatic carbocycles. The summed E-state index contributed by atoms with van der Waals surface area (Å²) in [6.45, 7) is 5.45. The van der Waals surface area contributed by atoms with Gasteiger partial charge in [0.1, 0.15) is 0 Å². The highest BCUT2D eigenvalue weighted by atomic mass is 32.2. The second-order valence-electron chi connectivity index (χ2n) is 5.57. The summed E-state index contributed by atoms with van der Waals surface area (Å²) in [6.07, 6.45) is 1.38. The lowest BCUT2D eigenvalue weighted by molar-refractivity contribution is -0.257. The monoisotopic (exact) mass is 313 g/mol. The molecule has 6 heteroatoms. The van der Waals surface area contributed by atoms with Crippen LogP contribution in [-0.2, 0) is 25.2 Å². The van der Waals surface area contributed by atoms with Gasteiger partial charge >= 0.3 is 0 Å². The van der Waals surface area contributed by atoms with E-state index in [9.17, 15) is 8.42 Å². The van der Waals surface area contributed by atoms with Gasteiger partial charge in [-0.25, -0.2) is 13.1 Å². The van der Waals surface area contributed by atoms with E-state index in [0.29, 0.717) is 26.2 Å². The minimum absolute atomic E-state index is 0.00823. The number of sulfonamides is 1. The number of benzene rings is 1. The van der Waals surface area contributed by atoms with Gasteiger partial charge in [-0.3, -0.25) is 0 Å². The second kappa shape index (κ2) is 6.87. The summed E-state index contributed by atoms with van der Waals surface area (Å²) in [6, 6.07) is 7.50. The van der Waals surface area contributed by atoms with Crippen molar-refractivity contribution in [2.24, 2.45) is 0 Å². The van der Waals surface area contributed by atoms with Crippen molar-refractivity contribution in [3.63, 3.8) is 0 Å². The lowest BCUT2D eigenvalue weighted by Crippen LogP contribution is -2.41. The Bertz CT molecular complexity index is 548. The third-order valence-corrected chi connectivity index (χ3v) is 4.84. The second-order valence-corrected chi connectivity index (χ2v) is 7.38. The number of hydrogen-bond acceptors (Lipinski definition) is 4. The van der Waals surface area contributed by atoms with E-state index in [2.05, 4.69) is 4.72 Å². The van der Waals surface area contributed by atoms with Crippen LogP contribution in [0.3, 0.4) is 0 Å². The van der Waals surface area contributed by atoms with Gasteiger partial charge in [-0.2, -0.15) is 0 Å². The van der Waals surface area contributed by atoms with E-state index in [-0.39, 0.29) is 5.75 Å². The van der Waals surface area contributed by atoms with E-state index in [4.69, 9.17) is 9.47 Å². The van der Waals surface area contributed by atoms with E-state index in [1.54, 1.807) is 0 Å². The molecule has 0 atom stereocenters. The Hall–Kier alpha value is -0.950. The maximum absolute atomic E-state index is 12.0. The Morgan fingerprint density at radius 3 is 2.43 bits per heavy atom. The molecular weight excluding hydrogens is 290 g/mol. The fourth-order valence-corrected chi connectivity index (χ4v) is 3.36. The van der Waals surface area contributed by atoms with Gasteiger partial charge in [0.25, 0.3) is 0 Å². The van der Waals surface area contributed by atoms with E-state index in [0.717, 1.165) is 17.5 Å². The molecule has 1 aliphatic rings. The molecule has 1 aromatic rings. The SMILES string of the molecule is Cc1ccc(CS(=O)(=O)NCCC2(C)OCCCO2)cc1. The van der Waals surface area contributed by atoms with Gasteiger partial charge in [-0.05, 0) is 25.8 Å². The van der Waals surface area contributed by atoms with Crippen LogP contribution in [0.5, 0.6) is 0 Å². The Morgan fingerprint density at radius 2 is 1.81 bits per heavy atom. The molecule has 21 heavy (non-hydrogen) atoms. The van der Waals surface area contributed by atoms with Crippen molar-refractivity contribution in [1.29, 1.82) is 0 Å². The Kier molecular flexibility index (Phi) is 5.37. The van der Waals surface area contributed by atoms with Gasteiger partial charge in [0.05, 0.1) is 19.0 Å².